The van der Waals surface area contributed by atoms with E-state index in [-0.39, 0.29) is 6.10 Å². The van der Waals surface area contributed by atoms with Gasteiger partial charge in [0.15, 0.2) is 0 Å². The molecule has 8 heteroatoms. The quantitative estimate of drug-likeness (QED) is 0.447. The average Bonchev–Trinajstić information content (AvgIpc) is 3.61. The Kier molecular flexibility index (Phi) is 5.20. The number of ether oxygens (including phenoxy) is 2. The molecule has 33 heavy (non-hydrogen) atoms. The van der Waals surface area contributed by atoms with Gasteiger partial charge in [-0.1, -0.05) is 29.4 Å². The van der Waals surface area contributed by atoms with Gasteiger partial charge < -0.3 is 14.0 Å². The maximum Gasteiger partial charge on any atom is 0.262 e. The molecule has 8 nitrogen and oxygen atoms in total. The van der Waals surface area contributed by atoms with Gasteiger partial charge in [-0.05, 0) is 35.7 Å². The summed E-state index contributed by atoms with van der Waals surface area (Å²) in [5.74, 6) is 2.58. The van der Waals surface area contributed by atoms with Crippen LogP contribution in [0.15, 0.2) is 65.6 Å². The van der Waals surface area contributed by atoms with Crippen LogP contribution in [-0.4, -0.2) is 50.8 Å². The van der Waals surface area contributed by atoms with Gasteiger partial charge in [0.2, 0.25) is 5.82 Å². The number of fused-ring (bicyclic) bond motifs is 1. The van der Waals surface area contributed by atoms with Crippen molar-refractivity contribution in [2.45, 2.75) is 25.5 Å². The minimum absolute atomic E-state index is 0.103. The van der Waals surface area contributed by atoms with Crippen LogP contribution in [0.3, 0.4) is 0 Å². The average molecular weight is 441 g/mol. The molecule has 1 saturated heterocycles. The number of aromatic nitrogens is 4. The summed E-state index contributed by atoms with van der Waals surface area (Å²) in [7, 11) is 0. The zero-order chi connectivity index (χ0) is 22.0. The van der Waals surface area contributed by atoms with Gasteiger partial charge in [0, 0.05) is 38.4 Å². The van der Waals surface area contributed by atoms with Crippen molar-refractivity contribution in [1.29, 1.82) is 0 Å². The molecule has 2 aromatic heterocycles. The van der Waals surface area contributed by atoms with Gasteiger partial charge in [0.25, 0.3) is 5.89 Å². The normalized spacial score (nSPS) is 17.6. The van der Waals surface area contributed by atoms with E-state index < -0.39 is 0 Å². The summed E-state index contributed by atoms with van der Waals surface area (Å²) in [5.41, 5.74) is 3.98. The van der Waals surface area contributed by atoms with Crippen LogP contribution in [0.4, 0.5) is 0 Å². The molecule has 6 rings (SSSR count). The van der Waals surface area contributed by atoms with Crippen LogP contribution in [0.25, 0.3) is 23.0 Å². The smallest absolute Gasteiger partial charge is 0.262 e. The number of hydrogen-bond donors (Lipinski definition) is 0. The van der Waals surface area contributed by atoms with Crippen molar-refractivity contribution < 1.29 is 14.0 Å². The summed E-state index contributed by atoms with van der Waals surface area (Å²) in [6, 6.07) is 14.3. The van der Waals surface area contributed by atoms with Crippen molar-refractivity contribution in [3.05, 3.63) is 72.2 Å². The molecule has 0 bridgehead atoms. The molecule has 0 saturated carbocycles. The van der Waals surface area contributed by atoms with Gasteiger partial charge >= 0.3 is 0 Å². The summed E-state index contributed by atoms with van der Waals surface area (Å²) >= 11 is 0. The van der Waals surface area contributed by atoms with Crippen LogP contribution in [0.5, 0.6) is 11.5 Å². The molecule has 1 unspecified atom stereocenters. The Morgan fingerprint density at radius 1 is 1.12 bits per heavy atom. The van der Waals surface area contributed by atoms with Crippen LogP contribution >= 0.6 is 0 Å². The molecule has 0 aliphatic carbocycles. The minimum Gasteiger partial charge on any atom is -0.493 e. The fourth-order valence-electron chi connectivity index (χ4n) is 4.41. The van der Waals surface area contributed by atoms with E-state index in [4.69, 9.17) is 14.0 Å². The summed E-state index contributed by atoms with van der Waals surface area (Å²) in [5, 5.41) is 4.06. The monoisotopic (exact) mass is 441 g/mol. The topological polar surface area (TPSA) is 86.4 Å². The molecule has 4 aromatic rings. The van der Waals surface area contributed by atoms with E-state index in [2.05, 4.69) is 43.2 Å². The Morgan fingerprint density at radius 2 is 2.09 bits per heavy atom. The molecule has 0 N–H and O–H groups in total. The van der Waals surface area contributed by atoms with E-state index in [1.54, 1.807) is 18.6 Å². The Bertz CT molecular complexity index is 1260. The van der Waals surface area contributed by atoms with Crippen molar-refractivity contribution in [2.75, 3.05) is 19.7 Å². The van der Waals surface area contributed by atoms with E-state index in [0.717, 1.165) is 56.1 Å². The lowest BCUT2D eigenvalue weighted by molar-refractivity contribution is 0.198. The second-order valence-electron chi connectivity index (χ2n) is 8.31. The summed E-state index contributed by atoms with van der Waals surface area (Å²) < 4.78 is 17.5. The maximum absolute atomic E-state index is 6.40. The van der Waals surface area contributed by atoms with Crippen molar-refractivity contribution in [2.24, 2.45) is 0 Å². The third-order valence-corrected chi connectivity index (χ3v) is 6.02. The number of nitrogens with zero attached hydrogens (tertiary/aromatic N) is 5. The van der Waals surface area contributed by atoms with Gasteiger partial charge in [-0.25, -0.2) is 4.98 Å². The predicted octanol–water partition coefficient (Wildman–Crippen LogP) is 3.78. The molecule has 2 aliphatic rings. The molecule has 2 aromatic carbocycles. The van der Waals surface area contributed by atoms with Crippen LogP contribution in [-0.2, 0) is 13.0 Å². The first-order valence-corrected chi connectivity index (χ1v) is 11.1. The molecule has 0 amide bonds. The van der Waals surface area contributed by atoms with Gasteiger partial charge in [-0.3, -0.25) is 9.88 Å². The first-order valence-electron chi connectivity index (χ1n) is 11.1. The van der Waals surface area contributed by atoms with Crippen LogP contribution in [0, 0.1) is 0 Å². The molecular weight excluding hydrogens is 418 g/mol. The van der Waals surface area contributed by atoms with E-state index in [9.17, 15) is 0 Å². The highest BCUT2D eigenvalue weighted by Gasteiger charge is 2.26. The second kappa shape index (κ2) is 8.63. The Balaban J connectivity index is 1.14. The van der Waals surface area contributed by atoms with E-state index in [1.807, 2.05) is 24.3 Å². The number of rotatable bonds is 6. The van der Waals surface area contributed by atoms with E-state index in [1.165, 1.54) is 11.1 Å². The number of hydrogen-bond acceptors (Lipinski definition) is 8. The minimum atomic E-state index is 0.103. The van der Waals surface area contributed by atoms with Crippen molar-refractivity contribution >= 4 is 0 Å². The third kappa shape index (κ3) is 4.17. The molecular formula is C25H23N5O3. The first kappa shape index (κ1) is 19.9. The zero-order valence-electron chi connectivity index (χ0n) is 18.1. The lowest BCUT2D eigenvalue weighted by Crippen LogP contribution is -2.24. The molecule has 0 spiro atoms. The highest BCUT2D eigenvalue weighted by molar-refractivity contribution is 5.64. The van der Waals surface area contributed by atoms with Gasteiger partial charge in [0.05, 0.1) is 18.4 Å². The number of benzene rings is 2. The third-order valence-electron chi connectivity index (χ3n) is 6.02. The molecule has 166 valence electrons. The maximum atomic E-state index is 6.40. The van der Waals surface area contributed by atoms with Gasteiger partial charge in [0.1, 0.15) is 23.3 Å². The van der Waals surface area contributed by atoms with Crippen LogP contribution in [0.1, 0.15) is 17.5 Å². The number of likely N-dealkylation sites (tertiary alicyclic amines) is 1. The predicted molar refractivity (Wildman–Crippen MR) is 121 cm³/mol. The molecule has 0 radical (unpaired) electrons. The first-order chi connectivity index (χ1) is 16.3. The molecule has 1 atom stereocenters. The van der Waals surface area contributed by atoms with Gasteiger partial charge in [-0.2, -0.15) is 4.98 Å². The SMILES string of the molecule is c1ccc(-c2nc(-c3cnccn3)no2)c(OC2CCN(Cc3ccc4c(c3)CCO4)C2)c1. The largest absolute Gasteiger partial charge is 0.493 e. The van der Waals surface area contributed by atoms with Gasteiger partial charge in [-0.15, -0.1) is 0 Å². The lowest BCUT2D eigenvalue weighted by atomic mass is 10.1. The zero-order valence-corrected chi connectivity index (χ0v) is 18.1. The van der Waals surface area contributed by atoms with E-state index in [0.29, 0.717) is 17.4 Å². The summed E-state index contributed by atoms with van der Waals surface area (Å²) in [6.45, 7) is 3.58. The number of para-hydroxylation sites is 1. The van der Waals surface area contributed by atoms with E-state index >= 15 is 0 Å². The van der Waals surface area contributed by atoms with Crippen molar-refractivity contribution in [3.63, 3.8) is 0 Å². The van der Waals surface area contributed by atoms with Crippen molar-refractivity contribution in [3.8, 4) is 34.5 Å². The highest BCUT2D eigenvalue weighted by atomic mass is 16.5. The van der Waals surface area contributed by atoms with Crippen molar-refractivity contribution in [1.82, 2.24) is 25.0 Å². The molecule has 1 fully saturated rings. The second-order valence-corrected chi connectivity index (χ2v) is 8.31. The summed E-state index contributed by atoms with van der Waals surface area (Å²) in [6.07, 6.45) is 6.89. The van der Waals surface area contributed by atoms with Crippen LogP contribution < -0.4 is 9.47 Å². The lowest BCUT2D eigenvalue weighted by Gasteiger charge is -2.18. The standard InChI is InChI=1S/C25H23N5O3/c1-2-4-23(20(3-1)25-28-24(29-33-25)21-14-26-9-10-27-21)32-19-7-11-30(16-19)15-17-5-6-22-18(13-17)8-12-31-22/h1-6,9-10,13-14,19H,7-8,11-12,15-16H2. The summed E-state index contributed by atoms with van der Waals surface area (Å²) in [4.78, 5) is 15.2. The highest BCUT2D eigenvalue weighted by Crippen LogP contribution is 2.32. The molecule has 4 heterocycles. The Morgan fingerprint density at radius 3 is 3.03 bits per heavy atom. The fourth-order valence-corrected chi connectivity index (χ4v) is 4.41. The van der Waals surface area contributed by atoms with Crippen LogP contribution in [0.2, 0.25) is 0 Å². The molecule has 2 aliphatic heterocycles. The Labute approximate surface area is 191 Å². The Hall–Kier alpha value is -3.78. The fraction of sp³-hybridized carbons (Fsp3) is 0.280.